The Labute approximate surface area is 187 Å². The fourth-order valence-corrected chi connectivity index (χ4v) is 4.97. The molecule has 2 aliphatic heterocycles. The molecule has 0 N–H and O–H groups in total. The topological polar surface area (TPSA) is 49.9 Å². The van der Waals surface area contributed by atoms with Crippen LogP contribution in [0.2, 0.25) is 5.02 Å². The number of fused-ring (bicyclic) bond motifs is 3. The maximum Gasteiger partial charge on any atom is 0.256 e. The standard InChI is InChI=1S/C24H17ClF2N2O3/c1-32-21-9-7-15(13-18(21)25)24-17-5-3-2-4-16(17)23(31)29(24)11-10-28(24)22(30)14-6-8-19(26)20(27)12-14/h2-9,12-13H,10-11H2,1H3. The SMILES string of the molecule is COc1ccc(C23c4ccccc4C(=O)N2CCN3C(=O)c2ccc(F)c(F)c2)cc1Cl. The maximum atomic E-state index is 13.9. The Morgan fingerprint density at radius 3 is 2.53 bits per heavy atom. The van der Waals surface area contributed by atoms with E-state index >= 15 is 0 Å². The third-order valence-corrected chi connectivity index (χ3v) is 6.37. The summed E-state index contributed by atoms with van der Waals surface area (Å²) in [7, 11) is 1.49. The Morgan fingerprint density at radius 2 is 1.81 bits per heavy atom. The van der Waals surface area contributed by atoms with Gasteiger partial charge in [-0.15, -0.1) is 0 Å². The number of methoxy groups -OCH3 is 1. The molecule has 2 amide bonds. The number of halogens is 3. The van der Waals surface area contributed by atoms with Gasteiger partial charge in [-0.2, -0.15) is 0 Å². The van der Waals surface area contributed by atoms with Gasteiger partial charge < -0.3 is 14.5 Å². The number of carbonyl (C=O) groups is 2. The normalized spacial score (nSPS) is 19.2. The first-order valence-corrected chi connectivity index (χ1v) is 10.3. The summed E-state index contributed by atoms with van der Waals surface area (Å²) in [6.07, 6.45) is 0. The van der Waals surface area contributed by atoms with E-state index in [1.807, 2.05) is 0 Å². The van der Waals surface area contributed by atoms with Crippen molar-refractivity contribution < 1.29 is 23.1 Å². The molecule has 5 rings (SSSR count). The van der Waals surface area contributed by atoms with Crippen LogP contribution in [0, 0.1) is 11.6 Å². The van der Waals surface area contributed by atoms with E-state index in [2.05, 4.69) is 0 Å². The third-order valence-electron chi connectivity index (χ3n) is 6.07. The highest BCUT2D eigenvalue weighted by atomic mass is 35.5. The van der Waals surface area contributed by atoms with Gasteiger partial charge in [-0.1, -0.05) is 35.9 Å². The van der Waals surface area contributed by atoms with E-state index in [-0.39, 0.29) is 24.6 Å². The number of hydrogen-bond acceptors (Lipinski definition) is 3. The second-order valence-electron chi connectivity index (χ2n) is 7.61. The highest BCUT2D eigenvalue weighted by molar-refractivity contribution is 6.32. The largest absolute Gasteiger partial charge is 0.495 e. The quantitative estimate of drug-likeness (QED) is 0.588. The van der Waals surface area contributed by atoms with Crippen molar-refractivity contribution >= 4 is 23.4 Å². The Morgan fingerprint density at radius 1 is 1.03 bits per heavy atom. The molecule has 0 radical (unpaired) electrons. The molecule has 0 aromatic heterocycles. The van der Waals surface area contributed by atoms with Gasteiger partial charge in [0, 0.05) is 35.3 Å². The molecule has 0 bridgehead atoms. The summed E-state index contributed by atoms with van der Waals surface area (Å²) in [5, 5.41) is 0.322. The minimum absolute atomic E-state index is 0.0124. The van der Waals surface area contributed by atoms with Crippen LogP contribution in [0.15, 0.2) is 60.7 Å². The molecule has 1 unspecified atom stereocenters. The Kier molecular flexibility index (Phi) is 4.67. The number of nitrogens with zero attached hydrogens (tertiary/aromatic N) is 2. The summed E-state index contributed by atoms with van der Waals surface area (Å²) in [4.78, 5) is 30.0. The molecular weight excluding hydrogens is 438 g/mol. The van der Waals surface area contributed by atoms with Gasteiger partial charge in [-0.25, -0.2) is 8.78 Å². The zero-order valence-electron chi connectivity index (χ0n) is 16.9. The molecule has 5 nitrogen and oxygen atoms in total. The van der Waals surface area contributed by atoms with Crippen LogP contribution in [-0.4, -0.2) is 41.8 Å². The Balaban J connectivity index is 1.75. The summed E-state index contributed by atoms with van der Waals surface area (Å²) < 4.78 is 32.6. The Bertz CT molecular complexity index is 1280. The second-order valence-corrected chi connectivity index (χ2v) is 8.02. The van der Waals surface area contributed by atoms with Crippen LogP contribution in [0.4, 0.5) is 8.78 Å². The lowest BCUT2D eigenvalue weighted by molar-refractivity contribution is 0.0374. The zero-order chi connectivity index (χ0) is 22.6. The second kappa shape index (κ2) is 7.31. The van der Waals surface area contributed by atoms with E-state index in [0.29, 0.717) is 27.5 Å². The average molecular weight is 455 g/mol. The lowest BCUT2D eigenvalue weighted by Crippen LogP contribution is -2.51. The van der Waals surface area contributed by atoms with Crippen molar-refractivity contribution in [3.05, 3.63) is 99.6 Å². The average Bonchev–Trinajstić information content (AvgIpc) is 3.31. The van der Waals surface area contributed by atoms with Crippen LogP contribution >= 0.6 is 11.6 Å². The highest BCUT2D eigenvalue weighted by Gasteiger charge is 2.59. The van der Waals surface area contributed by atoms with Crippen molar-refractivity contribution in [3.63, 3.8) is 0 Å². The van der Waals surface area contributed by atoms with Gasteiger partial charge in [0.05, 0.1) is 12.1 Å². The molecule has 1 saturated heterocycles. The molecule has 8 heteroatoms. The number of carbonyl (C=O) groups excluding carboxylic acids is 2. The predicted molar refractivity (Wildman–Crippen MR) is 114 cm³/mol. The molecule has 2 aliphatic rings. The molecule has 1 atom stereocenters. The first-order chi connectivity index (χ1) is 15.4. The first kappa shape index (κ1) is 20.5. The van der Waals surface area contributed by atoms with Gasteiger partial charge in [0.15, 0.2) is 17.3 Å². The highest BCUT2D eigenvalue weighted by Crippen LogP contribution is 2.51. The van der Waals surface area contributed by atoms with E-state index in [9.17, 15) is 18.4 Å². The molecule has 32 heavy (non-hydrogen) atoms. The van der Waals surface area contributed by atoms with E-state index < -0.39 is 23.2 Å². The number of amides is 2. The van der Waals surface area contributed by atoms with Crippen molar-refractivity contribution in [1.82, 2.24) is 9.80 Å². The minimum atomic E-state index is -1.27. The van der Waals surface area contributed by atoms with Gasteiger partial charge in [0.1, 0.15) is 5.75 Å². The zero-order valence-corrected chi connectivity index (χ0v) is 17.7. The van der Waals surface area contributed by atoms with Gasteiger partial charge in [0.2, 0.25) is 0 Å². The summed E-state index contributed by atoms with van der Waals surface area (Å²) in [5.41, 5.74) is 0.407. The van der Waals surface area contributed by atoms with E-state index in [0.717, 1.165) is 12.1 Å². The summed E-state index contributed by atoms with van der Waals surface area (Å²) >= 11 is 6.42. The van der Waals surface area contributed by atoms with Crippen molar-refractivity contribution in [2.24, 2.45) is 0 Å². The van der Waals surface area contributed by atoms with E-state index in [1.165, 1.54) is 18.1 Å². The van der Waals surface area contributed by atoms with E-state index in [4.69, 9.17) is 16.3 Å². The number of rotatable bonds is 3. The van der Waals surface area contributed by atoms with Crippen molar-refractivity contribution in [3.8, 4) is 5.75 Å². The lowest BCUT2D eigenvalue weighted by atomic mass is 9.89. The van der Waals surface area contributed by atoms with Crippen molar-refractivity contribution in [1.29, 1.82) is 0 Å². The van der Waals surface area contributed by atoms with Crippen LogP contribution in [0.5, 0.6) is 5.75 Å². The smallest absolute Gasteiger partial charge is 0.256 e. The predicted octanol–water partition coefficient (Wildman–Crippen LogP) is 4.44. The molecule has 1 fully saturated rings. The monoisotopic (exact) mass is 454 g/mol. The van der Waals surface area contributed by atoms with Crippen LogP contribution in [0.1, 0.15) is 31.8 Å². The summed E-state index contributed by atoms with van der Waals surface area (Å²) in [6, 6.07) is 15.2. The number of benzene rings is 3. The summed E-state index contributed by atoms with van der Waals surface area (Å²) in [5.74, 6) is -2.44. The maximum absolute atomic E-state index is 13.9. The fraction of sp³-hybridized carbons (Fsp3) is 0.167. The van der Waals surface area contributed by atoms with Crippen LogP contribution < -0.4 is 4.74 Å². The van der Waals surface area contributed by atoms with Crippen LogP contribution in [0.3, 0.4) is 0 Å². The fourth-order valence-electron chi connectivity index (χ4n) is 4.71. The summed E-state index contributed by atoms with van der Waals surface area (Å²) in [6.45, 7) is 0.480. The van der Waals surface area contributed by atoms with Gasteiger partial charge >= 0.3 is 0 Å². The van der Waals surface area contributed by atoms with Gasteiger partial charge in [-0.05, 0) is 36.4 Å². The molecular formula is C24H17ClF2N2O3. The molecule has 162 valence electrons. The molecule has 0 spiro atoms. The third kappa shape index (κ3) is 2.67. The van der Waals surface area contributed by atoms with Crippen LogP contribution in [-0.2, 0) is 5.66 Å². The first-order valence-electron chi connectivity index (χ1n) is 9.92. The molecule has 2 heterocycles. The van der Waals surface area contributed by atoms with Gasteiger partial charge in [-0.3, -0.25) is 9.59 Å². The Hall–Kier alpha value is -3.45. The number of ether oxygens (including phenoxy) is 1. The van der Waals surface area contributed by atoms with E-state index in [1.54, 1.807) is 47.4 Å². The molecule has 3 aromatic carbocycles. The molecule has 0 aliphatic carbocycles. The lowest BCUT2D eigenvalue weighted by Gasteiger charge is -2.40. The van der Waals surface area contributed by atoms with Crippen molar-refractivity contribution in [2.45, 2.75) is 5.66 Å². The molecule has 0 saturated carbocycles. The minimum Gasteiger partial charge on any atom is -0.495 e. The number of hydrogen-bond donors (Lipinski definition) is 0. The van der Waals surface area contributed by atoms with Gasteiger partial charge in [0.25, 0.3) is 11.8 Å². The van der Waals surface area contributed by atoms with Crippen molar-refractivity contribution in [2.75, 3.05) is 20.2 Å². The molecule has 3 aromatic rings. The van der Waals surface area contributed by atoms with Crippen LogP contribution in [0.25, 0.3) is 0 Å².